The van der Waals surface area contributed by atoms with E-state index in [-0.39, 0.29) is 12.5 Å². The maximum absolute atomic E-state index is 11.9. The van der Waals surface area contributed by atoms with Crippen molar-refractivity contribution in [1.29, 1.82) is 0 Å². The molecule has 1 N–H and O–H groups in total. The Kier molecular flexibility index (Phi) is 5.43. The standard InChI is InChI=1S/C18H25N5O2/c1-12-8-15(16-9-13(2)21-22-16)20-17(19-12)10-14-4-6-23(7-5-14)18(24)11-25-3/h8-9,14H,4-7,10-11H2,1-3H3,(H,21,22). The van der Waals surface area contributed by atoms with Gasteiger partial charge in [0.15, 0.2) is 0 Å². The lowest BCUT2D eigenvalue weighted by Gasteiger charge is -2.31. The average Bonchev–Trinajstić information content (AvgIpc) is 3.02. The van der Waals surface area contributed by atoms with Crippen molar-refractivity contribution in [2.75, 3.05) is 26.8 Å². The molecule has 1 fully saturated rings. The van der Waals surface area contributed by atoms with Crippen LogP contribution < -0.4 is 0 Å². The van der Waals surface area contributed by atoms with Crippen LogP contribution in [0.4, 0.5) is 0 Å². The number of hydrogen-bond acceptors (Lipinski definition) is 5. The molecule has 0 spiro atoms. The van der Waals surface area contributed by atoms with Gasteiger partial charge in [0.2, 0.25) is 5.91 Å². The van der Waals surface area contributed by atoms with Gasteiger partial charge in [-0.05, 0) is 44.7 Å². The van der Waals surface area contributed by atoms with Gasteiger partial charge in [-0.3, -0.25) is 9.89 Å². The molecule has 1 amide bonds. The Morgan fingerprint density at radius 3 is 2.64 bits per heavy atom. The van der Waals surface area contributed by atoms with Gasteiger partial charge < -0.3 is 9.64 Å². The average molecular weight is 343 g/mol. The fraction of sp³-hybridized carbons (Fsp3) is 0.556. The van der Waals surface area contributed by atoms with E-state index in [9.17, 15) is 4.79 Å². The van der Waals surface area contributed by atoms with Gasteiger partial charge in [-0.15, -0.1) is 0 Å². The molecule has 0 aromatic carbocycles. The number of aromatic amines is 1. The van der Waals surface area contributed by atoms with E-state index < -0.39 is 0 Å². The zero-order valence-electron chi connectivity index (χ0n) is 15.1. The number of aryl methyl sites for hydroxylation is 2. The van der Waals surface area contributed by atoms with E-state index in [2.05, 4.69) is 15.2 Å². The third kappa shape index (κ3) is 4.42. The van der Waals surface area contributed by atoms with Gasteiger partial charge in [0, 0.05) is 38.0 Å². The highest BCUT2D eigenvalue weighted by atomic mass is 16.5. The van der Waals surface area contributed by atoms with Crippen molar-refractivity contribution in [2.45, 2.75) is 33.1 Å². The molecule has 1 saturated heterocycles. The largest absolute Gasteiger partial charge is 0.375 e. The van der Waals surface area contributed by atoms with Gasteiger partial charge in [-0.25, -0.2) is 9.97 Å². The Morgan fingerprint density at radius 2 is 2.00 bits per heavy atom. The fourth-order valence-corrected chi connectivity index (χ4v) is 3.26. The summed E-state index contributed by atoms with van der Waals surface area (Å²) in [7, 11) is 1.55. The maximum atomic E-state index is 11.9. The zero-order chi connectivity index (χ0) is 17.8. The van der Waals surface area contributed by atoms with Crippen LogP contribution in [-0.4, -0.2) is 57.8 Å². The van der Waals surface area contributed by atoms with E-state index >= 15 is 0 Å². The molecular formula is C18H25N5O2. The molecule has 7 heteroatoms. The molecule has 1 aliphatic heterocycles. The van der Waals surface area contributed by atoms with Crippen LogP contribution in [0.15, 0.2) is 12.1 Å². The van der Waals surface area contributed by atoms with Crippen LogP contribution in [0, 0.1) is 19.8 Å². The lowest BCUT2D eigenvalue weighted by Crippen LogP contribution is -2.40. The number of hydrogen-bond donors (Lipinski definition) is 1. The molecule has 0 bridgehead atoms. The first kappa shape index (κ1) is 17.5. The molecule has 0 atom stereocenters. The lowest BCUT2D eigenvalue weighted by atomic mass is 9.93. The Morgan fingerprint density at radius 1 is 1.24 bits per heavy atom. The second-order valence-corrected chi connectivity index (χ2v) is 6.71. The van der Waals surface area contributed by atoms with Crippen LogP contribution >= 0.6 is 0 Å². The number of likely N-dealkylation sites (tertiary alicyclic amines) is 1. The zero-order valence-corrected chi connectivity index (χ0v) is 15.1. The predicted molar refractivity (Wildman–Crippen MR) is 94.0 cm³/mol. The van der Waals surface area contributed by atoms with Crippen molar-refractivity contribution in [3.05, 3.63) is 29.3 Å². The quantitative estimate of drug-likeness (QED) is 0.896. The van der Waals surface area contributed by atoms with Crippen LogP contribution in [-0.2, 0) is 16.0 Å². The van der Waals surface area contributed by atoms with Crippen molar-refractivity contribution in [1.82, 2.24) is 25.1 Å². The fourth-order valence-electron chi connectivity index (χ4n) is 3.26. The van der Waals surface area contributed by atoms with Crippen LogP contribution in [0.5, 0.6) is 0 Å². The molecule has 0 radical (unpaired) electrons. The van der Waals surface area contributed by atoms with Crippen LogP contribution in [0.3, 0.4) is 0 Å². The van der Waals surface area contributed by atoms with Crippen LogP contribution in [0.2, 0.25) is 0 Å². The van der Waals surface area contributed by atoms with Crippen molar-refractivity contribution >= 4 is 5.91 Å². The van der Waals surface area contributed by atoms with Crippen LogP contribution in [0.1, 0.15) is 30.1 Å². The molecule has 134 valence electrons. The number of carbonyl (C=O) groups excluding carboxylic acids is 1. The number of piperidine rings is 1. The highest BCUT2D eigenvalue weighted by Gasteiger charge is 2.23. The molecule has 2 aromatic heterocycles. The summed E-state index contributed by atoms with van der Waals surface area (Å²) in [5.41, 5.74) is 3.68. The monoisotopic (exact) mass is 343 g/mol. The molecule has 3 rings (SSSR count). The Hall–Kier alpha value is -2.28. The molecule has 0 aliphatic carbocycles. The van der Waals surface area contributed by atoms with Crippen LogP contribution in [0.25, 0.3) is 11.4 Å². The van der Waals surface area contributed by atoms with Gasteiger partial charge in [0.25, 0.3) is 0 Å². The number of carbonyl (C=O) groups is 1. The number of aromatic nitrogens is 4. The third-order valence-electron chi connectivity index (χ3n) is 4.58. The number of ether oxygens (including phenoxy) is 1. The van der Waals surface area contributed by atoms with Crippen molar-refractivity contribution < 1.29 is 9.53 Å². The summed E-state index contributed by atoms with van der Waals surface area (Å²) < 4.78 is 4.93. The van der Waals surface area contributed by atoms with E-state index in [0.717, 1.165) is 61.0 Å². The Labute approximate surface area is 147 Å². The van der Waals surface area contributed by atoms with Crippen molar-refractivity contribution in [2.24, 2.45) is 5.92 Å². The minimum absolute atomic E-state index is 0.0731. The summed E-state index contributed by atoms with van der Waals surface area (Å²) in [6.07, 6.45) is 2.79. The second kappa shape index (κ2) is 7.74. The molecule has 1 aliphatic rings. The van der Waals surface area contributed by atoms with Gasteiger partial charge >= 0.3 is 0 Å². The molecule has 2 aromatic rings. The summed E-state index contributed by atoms with van der Waals surface area (Å²) in [5.74, 6) is 1.43. The number of rotatable bonds is 5. The van der Waals surface area contributed by atoms with Gasteiger partial charge in [0.05, 0.1) is 5.69 Å². The minimum Gasteiger partial charge on any atom is -0.375 e. The summed E-state index contributed by atoms with van der Waals surface area (Å²) in [6, 6.07) is 3.95. The number of amides is 1. The van der Waals surface area contributed by atoms with E-state index in [1.165, 1.54) is 0 Å². The molecule has 3 heterocycles. The summed E-state index contributed by atoms with van der Waals surface area (Å²) in [4.78, 5) is 23.1. The number of H-pyrrole nitrogens is 1. The first-order chi connectivity index (χ1) is 12.0. The molecular weight excluding hydrogens is 318 g/mol. The van der Waals surface area contributed by atoms with E-state index in [4.69, 9.17) is 9.72 Å². The van der Waals surface area contributed by atoms with Gasteiger partial charge in [0.1, 0.15) is 18.1 Å². The Balaban J connectivity index is 1.64. The molecule has 0 saturated carbocycles. The van der Waals surface area contributed by atoms with Crippen molar-refractivity contribution in [3.8, 4) is 11.4 Å². The lowest BCUT2D eigenvalue weighted by molar-refractivity contribution is -0.136. The van der Waals surface area contributed by atoms with E-state index in [0.29, 0.717) is 5.92 Å². The highest BCUT2D eigenvalue weighted by Crippen LogP contribution is 2.22. The SMILES string of the molecule is COCC(=O)N1CCC(Cc2nc(C)cc(-c3cc(C)[nH]n3)n2)CC1. The maximum Gasteiger partial charge on any atom is 0.248 e. The molecule has 7 nitrogen and oxygen atoms in total. The first-order valence-electron chi connectivity index (χ1n) is 8.69. The smallest absolute Gasteiger partial charge is 0.248 e. The first-order valence-corrected chi connectivity index (χ1v) is 8.69. The summed E-state index contributed by atoms with van der Waals surface area (Å²) >= 11 is 0. The summed E-state index contributed by atoms with van der Waals surface area (Å²) in [6.45, 7) is 5.69. The minimum atomic E-state index is 0.0731. The second-order valence-electron chi connectivity index (χ2n) is 6.71. The van der Waals surface area contributed by atoms with Gasteiger partial charge in [-0.2, -0.15) is 5.10 Å². The van der Waals surface area contributed by atoms with E-state index in [1.807, 2.05) is 30.9 Å². The summed E-state index contributed by atoms with van der Waals surface area (Å²) in [5, 5.41) is 7.25. The Bertz CT molecular complexity index is 735. The topological polar surface area (TPSA) is 84.0 Å². The normalized spacial score (nSPS) is 15.6. The number of nitrogens with zero attached hydrogens (tertiary/aromatic N) is 4. The van der Waals surface area contributed by atoms with Crippen molar-refractivity contribution in [3.63, 3.8) is 0 Å². The number of nitrogens with one attached hydrogen (secondary N) is 1. The predicted octanol–water partition coefficient (Wildman–Crippen LogP) is 1.91. The third-order valence-corrected chi connectivity index (χ3v) is 4.58. The van der Waals surface area contributed by atoms with E-state index in [1.54, 1.807) is 7.11 Å². The molecule has 0 unspecified atom stereocenters. The van der Waals surface area contributed by atoms with Gasteiger partial charge in [-0.1, -0.05) is 0 Å². The molecule has 25 heavy (non-hydrogen) atoms. The number of methoxy groups -OCH3 is 1. The highest BCUT2D eigenvalue weighted by molar-refractivity contribution is 5.77.